The van der Waals surface area contributed by atoms with Gasteiger partial charge in [-0.05, 0) is 41.6 Å². The van der Waals surface area contributed by atoms with Gasteiger partial charge in [-0.3, -0.25) is 0 Å². The van der Waals surface area contributed by atoms with E-state index in [9.17, 15) is 0 Å². The van der Waals surface area contributed by atoms with Crippen molar-refractivity contribution in [3.63, 3.8) is 0 Å². The summed E-state index contributed by atoms with van der Waals surface area (Å²) in [4.78, 5) is 0. The van der Waals surface area contributed by atoms with Crippen LogP contribution in [0.3, 0.4) is 0 Å². The molecule has 1 atom stereocenters. The van der Waals surface area contributed by atoms with Crippen LogP contribution in [0.5, 0.6) is 5.75 Å². The molecule has 0 aliphatic rings. The van der Waals surface area contributed by atoms with Crippen molar-refractivity contribution in [3.8, 4) is 11.4 Å². The van der Waals surface area contributed by atoms with E-state index in [0.29, 0.717) is 27.7 Å². The molecule has 2 heterocycles. The van der Waals surface area contributed by atoms with Gasteiger partial charge in [-0.1, -0.05) is 53.7 Å². The minimum absolute atomic E-state index is 0.104. The quantitative estimate of drug-likeness (QED) is 0.417. The van der Waals surface area contributed by atoms with Gasteiger partial charge in [0.05, 0.1) is 16.0 Å². The van der Waals surface area contributed by atoms with Crippen molar-refractivity contribution in [3.05, 3.63) is 71.3 Å². The lowest BCUT2D eigenvalue weighted by atomic mass is 10.3. The number of para-hydroxylation sites is 2. The number of aromatic nitrogens is 6. The second-order valence-electron chi connectivity index (χ2n) is 5.73. The third-order valence-corrected chi connectivity index (χ3v) is 5.01. The molecule has 0 unspecified atom stereocenters. The zero-order valence-electron chi connectivity index (χ0n) is 14.8. The lowest BCUT2D eigenvalue weighted by Crippen LogP contribution is -2.04. The number of ether oxygens (including phenoxy) is 1. The Labute approximate surface area is 169 Å². The Hall–Kier alpha value is -2.91. The van der Waals surface area contributed by atoms with Gasteiger partial charge in [0.15, 0.2) is 12.4 Å². The molecule has 0 fully saturated rings. The van der Waals surface area contributed by atoms with Crippen LogP contribution in [0.25, 0.3) is 5.69 Å². The van der Waals surface area contributed by atoms with Crippen LogP contribution in [0.15, 0.2) is 64.2 Å². The number of halogens is 1. The van der Waals surface area contributed by atoms with E-state index < -0.39 is 0 Å². The SMILES string of the molecule is C[C@H](Sc1nnc(COc2ccccc2Cl)o1)c1nnnn1-c1ccccc1. The first kappa shape index (κ1) is 18.5. The molecule has 0 aliphatic heterocycles. The number of hydrogen-bond donors (Lipinski definition) is 0. The molecule has 142 valence electrons. The van der Waals surface area contributed by atoms with Gasteiger partial charge in [0, 0.05) is 0 Å². The molecule has 8 nitrogen and oxygen atoms in total. The Morgan fingerprint density at radius 3 is 2.68 bits per heavy atom. The van der Waals surface area contributed by atoms with Crippen molar-refractivity contribution in [2.45, 2.75) is 24.0 Å². The number of tetrazole rings is 1. The molecule has 0 bridgehead atoms. The largest absolute Gasteiger partial charge is 0.482 e. The molecule has 0 N–H and O–H groups in total. The summed E-state index contributed by atoms with van der Waals surface area (Å²) in [6, 6.07) is 16.9. The van der Waals surface area contributed by atoms with Gasteiger partial charge >= 0.3 is 0 Å². The fourth-order valence-electron chi connectivity index (χ4n) is 2.45. The van der Waals surface area contributed by atoms with Gasteiger partial charge < -0.3 is 9.15 Å². The van der Waals surface area contributed by atoms with E-state index in [4.69, 9.17) is 20.8 Å². The van der Waals surface area contributed by atoms with Crippen LogP contribution in [-0.4, -0.2) is 30.4 Å². The Balaban J connectivity index is 1.42. The van der Waals surface area contributed by atoms with Gasteiger partial charge in [-0.2, -0.15) is 4.68 Å². The molecule has 4 rings (SSSR count). The normalized spacial score (nSPS) is 12.1. The minimum atomic E-state index is -0.104. The van der Waals surface area contributed by atoms with E-state index in [2.05, 4.69) is 25.7 Å². The highest BCUT2D eigenvalue weighted by Crippen LogP contribution is 2.33. The van der Waals surface area contributed by atoms with Crippen molar-refractivity contribution in [1.29, 1.82) is 0 Å². The Morgan fingerprint density at radius 1 is 1.07 bits per heavy atom. The summed E-state index contributed by atoms with van der Waals surface area (Å²) < 4.78 is 13.0. The first-order chi connectivity index (χ1) is 13.7. The molecule has 0 saturated carbocycles. The Bertz CT molecular complexity index is 1050. The van der Waals surface area contributed by atoms with Crippen molar-refractivity contribution < 1.29 is 9.15 Å². The van der Waals surface area contributed by atoms with Crippen LogP contribution in [0, 0.1) is 0 Å². The topological polar surface area (TPSA) is 91.8 Å². The molecular weight excluding hydrogens is 400 g/mol. The number of benzene rings is 2. The molecule has 10 heteroatoms. The van der Waals surface area contributed by atoms with Crippen LogP contribution < -0.4 is 4.74 Å². The molecule has 2 aromatic carbocycles. The average molecular weight is 415 g/mol. The first-order valence-electron chi connectivity index (χ1n) is 8.41. The summed E-state index contributed by atoms with van der Waals surface area (Å²) in [6.07, 6.45) is 0. The molecule has 0 amide bonds. The molecule has 0 aliphatic carbocycles. The zero-order chi connectivity index (χ0) is 19.3. The highest BCUT2D eigenvalue weighted by atomic mass is 35.5. The summed E-state index contributed by atoms with van der Waals surface area (Å²) in [6.45, 7) is 2.10. The lowest BCUT2D eigenvalue weighted by Gasteiger charge is -2.08. The summed E-state index contributed by atoms with van der Waals surface area (Å²) in [5.74, 6) is 1.60. The maximum atomic E-state index is 6.07. The van der Waals surface area contributed by atoms with E-state index in [1.165, 1.54) is 11.8 Å². The summed E-state index contributed by atoms with van der Waals surface area (Å²) >= 11 is 7.44. The summed E-state index contributed by atoms with van der Waals surface area (Å²) in [5, 5.41) is 20.9. The smallest absolute Gasteiger partial charge is 0.277 e. The van der Waals surface area contributed by atoms with Crippen LogP contribution in [0.4, 0.5) is 0 Å². The van der Waals surface area contributed by atoms with E-state index in [-0.39, 0.29) is 11.9 Å². The maximum absolute atomic E-state index is 6.07. The monoisotopic (exact) mass is 414 g/mol. The predicted octanol–water partition coefficient (Wildman–Crippen LogP) is 4.13. The van der Waals surface area contributed by atoms with Gasteiger partial charge in [-0.25, -0.2) is 0 Å². The van der Waals surface area contributed by atoms with Crippen LogP contribution in [-0.2, 0) is 6.61 Å². The second-order valence-corrected chi connectivity index (χ2v) is 7.42. The Kier molecular flexibility index (Phi) is 5.54. The van der Waals surface area contributed by atoms with Gasteiger partial charge in [-0.15, -0.1) is 15.3 Å². The molecular formula is C18H15ClN6O2S. The van der Waals surface area contributed by atoms with Gasteiger partial charge in [0.1, 0.15) is 5.75 Å². The maximum Gasteiger partial charge on any atom is 0.277 e. The number of nitrogens with zero attached hydrogens (tertiary/aromatic N) is 6. The van der Waals surface area contributed by atoms with E-state index >= 15 is 0 Å². The lowest BCUT2D eigenvalue weighted by molar-refractivity contribution is 0.252. The van der Waals surface area contributed by atoms with E-state index in [0.717, 1.165) is 5.69 Å². The predicted molar refractivity (Wildman–Crippen MR) is 104 cm³/mol. The average Bonchev–Trinajstić information content (AvgIpc) is 3.37. The Morgan fingerprint density at radius 2 is 1.86 bits per heavy atom. The van der Waals surface area contributed by atoms with E-state index in [1.807, 2.05) is 49.4 Å². The number of rotatable bonds is 7. The second kappa shape index (κ2) is 8.41. The van der Waals surface area contributed by atoms with Crippen molar-refractivity contribution >= 4 is 23.4 Å². The number of thioether (sulfide) groups is 1. The number of hydrogen-bond acceptors (Lipinski definition) is 8. The van der Waals surface area contributed by atoms with Crippen LogP contribution in [0.2, 0.25) is 5.02 Å². The molecule has 0 radical (unpaired) electrons. The van der Waals surface area contributed by atoms with Crippen LogP contribution >= 0.6 is 23.4 Å². The summed E-state index contributed by atoms with van der Waals surface area (Å²) in [5.41, 5.74) is 0.884. The fourth-order valence-corrected chi connectivity index (χ4v) is 3.43. The molecule has 2 aromatic heterocycles. The molecule has 0 saturated heterocycles. The van der Waals surface area contributed by atoms with Crippen molar-refractivity contribution in [2.75, 3.05) is 0 Å². The highest BCUT2D eigenvalue weighted by Gasteiger charge is 2.20. The molecule has 4 aromatic rings. The van der Waals surface area contributed by atoms with Crippen molar-refractivity contribution in [2.24, 2.45) is 0 Å². The summed E-state index contributed by atoms with van der Waals surface area (Å²) in [7, 11) is 0. The molecule has 28 heavy (non-hydrogen) atoms. The zero-order valence-corrected chi connectivity index (χ0v) is 16.3. The third kappa shape index (κ3) is 4.15. The standard InChI is InChI=1S/C18H15ClN6O2S/c1-12(17-21-23-24-25(17)13-7-3-2-4-8-13)28-18-22-20-16(27-18)11-26-15-10-6-5-9-14(15)19/h2-10,12H,11H2,1H3/t12-/m0/s1. The highest BCUT2D eigenvalue weighted by molar-refractivity contribution is 7.99. The van der Waals surface area contributed by atoms with Gasteiger partial charge in [0.25, 0.3) is 11.1 Å². The third-order valence-electron chi connectivity index (χ3n) is 3.77. The molecule has 0 spiro atoms. The van der Waals surface area contributed by atoms with Crippen LogP contribution in [0.1, 0.15) is 23.9 Å². The fraction of sp³-hybridized carbons (Fsp3) is 0.167. The van der Waals surface area contributed by atoms with Gasteiger partial charge in [0.2, 0.25) is 0 Å². The van der Waals surface area contributed by atoms with Crippen molar-refractivity contribution in [1.82, 2.24) is 30.4 Å². The minimum Gasteiger partial charge on any atom is -0.482 e. The van der Waals surface area contributed by atoms with E-state index in [1.54, 1.807) is 16.8 Å². The first-order valence-corrected chi connectivity index (χ1v) is 9.66.